The highest BCUT2D eigenvalue weighted by Crippen LogP contribution is 2.23. The molecule has 0 radical (unpaired) electrons. The third kappa shape index (κ3) is 3.77. The molecule has 0 unspecified atom stereocenters. The molecule has 0 atom stereocenters. The lowest BCUT2D eigenvalue weighted by atomic mass is 10.1. The lowest BCUT2D eigenvalue weighted by molar-refractivity contribution is 0.185. The number of anilines is 1. The van der Waals surface area contributed by atoms with Gasteiger partial charge in [0.25, 0.3) is 0 Å². The van der Waals surface area contributed by atoms with E-state index in [-0.39, 0.29) is 10.2 Å². The Morgan fingerprint density at radius 1 is 1.05 bits per heavy atom. The van der Waals surface area contributed by atoms with Crippen LogP contribution in [0.3, 0.4) is 0 Å². The maximum absolute atomic E-state index is 13.6. The largest absolute Gasteiger partial charge is 0.380 e. The van der Waals surface area contributed by atoms with E-state index in [9.17, 15) is 8.78 Å². The Kier molecular flexibility index (Phi) is 5.09. The maximum atomic E-state index is 13.6. The Bertz CT molecular complexity index is 587. The average molecular weight is 342 g/mol. The Balaban J connectivity index is 2.03. The fourth-order valence-electron chi connectivity index (χ4n) is 1.78. The third-order valence-corrected chi connectivity index (χ3v) is 3.43. The van der Waals surface area contributed by atoms with E-state index in [0.717, 1.165) is 23.3 Å². The highest BCUT2D eigenvalue weighted by atomic mass is 79.9. The van der Waals surface area contributed by atoms with Gasteiger partial charge in [0.15, 0.2) is 0 Å². The number of methoxy groups -OCH3 is 1. The first kappa shape index (κ1) is 14.9. The monoisotopic (exact) mass is 341 g/mol. The van der Waals surface area contributed by atoms with Gasteiger partial charge >= 0.3 is 0 Å². The van der Waals surface area contributed by atoms with Crippen LogP contribution in [0.2, 0.25) is 0 Å². The minimum absolute atomic E-state index is 0.115. The molecule has 1 N–H and O–H groups in total. The molecular weight excluding hydrogens is 328 g/mol. The SMILES string of the molecule is COCc1ccc(CNc2cc(F)c(Br)cc2F)cc1. The number of ether oxygens (including phenoxy) is 1. The van der Waals surface area contributed by atoms with Crippen molar-refractivity contribution in [1.82, 2.24) is 0 Å². The summed E-state index contributed by atoms with van der Waals surface area (Å²) in [5.41, 5.74) is 2.19. The first-order chi connectivity index (χ1) is 9.60. The lowest BCUT2D eigenvalue weighted by Crippen LogP contribution is -2.02. The Morgan fingerprint density at radius 3 is 2.35 bits per heavy atom. The highest BCUT2D eigenvalue weighted by molar-refractivity contribution is 9.10. The number of hydrogen-bond acceptors (Lipinski definition) is 2. The summed E-state index contributed by atoms with van der Waals surface area (Å²) in [7, 11) is 1.64. The van der Waals surface area contributed by atoms with Crippen LogP contribution in [0.1, 0.15) is 11.1 Å². The van der Waals surface area contributed by atoms with Gasteiger partial charge in [0.1, 0.15) is 11.6 Å². The predicted octanol–water partition coefficient (Wildman–Crippen LogP) is 4.49. The third-order valence-electron chi connectivity index (χ3n) is 2.83. The molecule has 2 rings (SSSR count). The summed E-state index contributed by atoms with van der Waals surface area (Å²) < 4.78 is 32.1. The van der Waals surface area contributed by atoms with Gasteiger partial charge in [0.05, 0.1) is 16.8 Å². The summed E-state index contributed by atoms with van der Waals surface area (Å²) in [6.07, 6.45) is 0. The van der Waals surface area contributed by atoms with Crippen molar-refractivity contribution in [3.05, 3.63) is 63.6 Å². The number of nitrogens with one attached hydrogen (secondary N) is 1. The fourth-order valence-corrected chi connectivity index (χ4v) is 2.09. The zero-order chi connectivity index (χ0) is 14.5. The second-order valence-corrected chi connectivity index (χ2v) is 5.20. The highest BCUT2D eigenvalue weighted by Gasteiger charge is 2.07. The smallest absolute Gasteiger partial charge is 0.147 e. The lowest BCUT2D eigenvalue weighted by Gasteiger charge is -2.09. The molecule has 0 amide bonds. The molecule has 0 fully saturated rings. The van der Waals surface area contributed by atoms with Crippen molar-refractivity contribution in [3.8, 4) is 0 Å². The zero-order valence-electron chi connectivity index (χ0n) is 10.9. The summed E-state index contributed by atoms with van der Waals surface area (Å²) in [5.74, 6) is -0.987. The Morgan fingerprint density at radius 2 is 1.70 bits per heavy atom. The topological polar surface area (TPSA) is 21.3 Å². The molecule has 0 saturated carbocycles. The standard InChI is InChI=1S/C15H14BrF2NO/c1-20-9-11-4-2-10(3-5-11)8-19-15-7-13(17)12(16)6-14(15)18/h2-7,19H,8-9H2,1H3. The van der Waals surface area contributed by atoms with Crippen LogP contribution < -0.4 is 5.32 Å². The minimum atomic E-state index is -0.496. The average Bonchev–Trinajstić information content (AvgIpc) is 2.43. The number of rotatable bonds is 5. The summed E-state index contributed by atoms with van der Waals surface area (Å²) in [5, 5.41) is 2.88. The molecular formula is C15H14BrF2NO. The number of benzene rings is 2. The molecule has 2 aromatic rings. The number of hydrogen-bond donors (Lipinski definition) is 1. The molecule has 106 valence electrons. The van der Waals surface area contributed by atoms with Gasteiger partial charge in [-0.2, -0.15) is 0 Å². The van der Waals surface area contributed by atoms with E-state index < -0.39 is 11.6 Å². The van der Waals surface area contributed by atoms with Gasteiger partial charge in [0.2, 0.25) is 0 Å². The molecule has 0 spiro atoms. The summed E-state index contributed by atoms with van der Waals surface area (Å²) in [6.45, 7) is 0.978. The van der Waals surface area contributed by atoms with Crippen molar-refractivity contribution in [2.75, 3.05) is 12.4 Å². The summed E-state index contributed by atoms with van der Waals surface area (Å²) >= 11 is 2.94. The van der Waals surface area contributed by atoms with Gasteiger partial charge in [0, 0.05) is 19.7 Å². The van der Waals surface area contributed by atoms with Gasteiger partial charge in [-0.3, -0.25) is 0 Å². The van der Waals surface area contributed by atoms with E-state index in [0.29, 0.717) is 13.2 Å². The van der Waals surface area contributed by atoms with Gasteiger partial charge in [-0.15, -0.1) is 0 Å². The van der Waals surface area contributed by atoms with Crippen LogP contribution in [0.4, 0.5) is 14.5 Å². The van der Waals surface area contributed by atoms with Crippen LogP contribution in [0.25, 0.3) is 0 Å². The Hall–Kier alpha value is -1.46. The molecule has 0 bridgehead atoms. The molecule has 0 aliphatic rings. The molecule has 0 aliphatic heterocycles. The molecule has 2 nitrogen and oxygen atoms in total. The van der Waals surface area contributed by atoms with E-state index >= 15 is 0 Å². The quantitative estimate of drug-likeness (QED) is 0.809. The van der Waals surface area contributed by atoms with E-state index in [1.165, 1.54) is 0 Å². The van der Waals surface area contributed by atoms with Crippen molar-refractivity contribution >= 4 is 21.6 Å². The minimum Gasteiger partial charge on any atom is -0.380 e. The van der Waals surface area contributed by atoms with Gasteiger partial charge in [-0.05, 0) is 33.1 Å². The van der Waals surface area contributed by atoms with Crippen molar-refractivity contribution in [2.24, 2.45) is 0 Å². The van der Waals surface area contributed by atoms with Crippen LogP contribution in [-0.4, -0.2) is 7.11 Å². The van der Waals surface area contributed by atoms with Gasteiger partial charge < -0.3 is 10.1 Å². The normalized spacial score (nSPS) is 10.6. The number of halogens is 3. The molecule has 2 aromatic carbocycles. The second-order valence-electron chi connectivity index (χ2n) is 4.35. The second kappa shape index (κ2) is 6.81. The molecule has 0 aromatic heterocycles. The first-order valence-electron chi connectivity index (χ1n) is 6.05. The van der Waals surface area contributed by atoms with Crippen LogP contribution in [0, 0.1) is 11.6 Å². The van der Waals surface area contributed by atoms with Crippen molar-refractivity contribution in [2.45, 2.75) is 13.2 Å². The van der Waals surface area contributed by atoms with Crippen molar-refractivity contribution in [1.29, 1.82) is 0 Å². The molecule has 0 aliphatic carbocycles. The van der Waals surface area contributed by atoms with E-state index in [1.807, 2.05) is 24.3 Å². The zero-order valence-corrected chi connectivity index (χ0v) is 12.5. The maximum Gasteiger partial charge on any atom is 0.147 e. The van der Waals surface area contributed by atoms with Gasteiger partial charge in [-0.25, -0.2) is 8.78 Å². The molecule has 5 heteroatoms. The van der Waals surface area contributed by atoms with Crippen molar-refractivity contribution in [3.63, 3.8) is 0 Å². The summed E-state index contributed by atoms with van der Waals surface area (Å²) in [6, 6.07) is 9.99. The Labute approximate surface area is 124 Å². The van der Waals surface area contributed by atoms with Crippen LogP contribution >= 0.6 is 15.9 Å². The van der Waals surface area contributed by atoms with E-state index in [2.05, 4.69) is 21.2 Å². The predicted molar refractivity (Wildman–Crippen MR) is 78.5 cm³/mol. The van der Waals surface area contributed by atoms with E-state index in [1.54, 1.807) is 7.11 Å². The first-order valence-corrected chi connectivity index (χ1v) is 6.84. The molecule has 0 saturated heterocycles. The van der Waals surface area contributed by atoms with Crippen LogP contribution in [-0.2, 0) is 17.9 Å². The van der Waals surface area contributed by atoms with Crippen molar-refractivity contribution < 1.29 is 13.5 Å². The van der Waals surface area contributed by atoms with E-state index in [4.69, 9.17) is 4.74 Å². The summed E-state index contributed by atoms with van der Waals surface area (Å²) in [4.78, 5) is 0. The van der Waals surface area contributed by atoms with Crippen LogP contribution in [0.5, 0.6) is 0 Å². The molecule has 20 heavy (non-hydrogen) atoms. The fraction of sp³-hybridized carbons (Fsp3) is 0.200. The van der Waals surface area contributed by atoms with Gasteiger partial charge in [-0.1, -0.05) is 24.3 Å². The van der Waals surface area contributed by atoms with Crippen LogP contribution in [0.15, 0.2) is 40.9 Å². The molecule has 0 heterocycles.